The third kappa shape index (κ3) is 3.97. The average Bonchev–Trinajstić information content (AvgIpc) is 3.34. The van der Waals surface area contributed by atoms with Gasteiger partial charge in [0.15, 0.2) is 11.5 Å². The molecule has 0 fully saturated rings. The fourth-order valence-electron chi connectivity index (χ4n) is 4.63. The predicted octanol–water partition coefficient (Wildman–Crippen LogP) is 1.63. The molecular formula is C25H26N4O7. The molecule has 2 aliphatic rings. The van der Waals surface area contributed by atoms with Crippen LogP contribution in [0.2, 0.25) is 0 Å². The van der Waals surface area contributed by atoms with Crippen molar-refractivity contribution in [1.29, 1.82) is 0 Å². The molecule has 1 aromatic heterocycles. The zero-order valence-corrected chi connectivity index (χ0v) is 20.1. The molecule has 3 heterocycles. The van der Waals surface area contributed by atoms with Gasteiger partial charge in [-0.1, -0.05) is 0 Å². The molecule has 11 heteroatoms. The first-order chi connectivity index (χ1) is 17.4. The lowest BCUT2D eigenvalue weighted by Crippen LogP contribution is -2.34. The Morgan fingerprint density at radius 2 is 1.97 bits per heavy atom. The van der Waals surface area contributed by atoms with Gasteiger partial charge >= 0.3 is 5.69 Å². The second-order valence-electron chi connectivity index (χ2n) is 8.49. The van der Waals surface area contributed by atoms with Gasteiger partial charge in [0.1, 0.15) is 11.3 Å². The molecule has 5 rings (SSSR count). The number of hydrogen-bond acceptors (Lipinski definition) is 9. The van der Waals surface area contributed by atoms with Gasteiger partial charge in [-0.3, -0.25) is 19.7 Å². The first-order valence-electron chi connectivity index (χ1n) is 11.3. The number of aromatic nitrogens is 2. The molecule has 1 atom stereocenters. The summed E-state index contributed by atoms with van der Waals surface area (Å²) in [6, 6.07) is 8.31. The van der Waals surface area contributed by atoms with E-state index in [1.54, 1.807) is 31.4 Å². The maximum atomic E-state index is 12.5. The molecule has 0 saturated carbocycles. The van der Waals surface area contributed by atoms with Crippen molar-refractivity contribution in [3.8, 4) is 34.6 Å². The lowest BCUT2D eigenvalue weighted by Gasteiger charge is -2.35. The molecule has 0 unspecified atom stereocenters. The SMILES string of the molecule is COc1ccc(-n2c(O)c(C=NC[C@H]3c4c(cc5c(c4OC)OCO5)CCN3C)c(=O)[nH]c2=O)cc1. The molecule has 0 saturated heterocycles. The fraction of sp³-hybridized carbons (Fsp3) is 0.320. The van der Waals surface area contributed by atoms with Crippen molar-refractivity contribution in [3.63, 3.8) is 0 Å². The van der Waals surface area contributed by atoms with Gasteiger partial charge in [0, 0.05) is 18.3 Å². The number of likely N-dealkylation sites (N-methyl/N-ethyl adjacent to an activating group) is 1. The molecule has 2 aromatic carbocycles. The van der Waals surface area contributed by atoms with Gasteiger partial charge in [-0.15, -0.1) is 0 Å². The molecule has 0 radical (unpaired) electrons. The molecule has 2 N–H and O–H groups in total. The number of nitrogens with one attached hydrogen (secondary N) is 1. The van der Waals surface area contributed by atoms with Gasteiger partial charge in [0.2, 0.25) is 18.4 Å². The number of aromatic hydroxyl groups is 1. The van der Waals surface area contributed by atoms with Gasteiger partial charge in [0.05, 0.1) is 32.5 Å². The Labute approximate surface area is 206 Å². The van der Waals surface area contributed by atoms with E-state index < -0.39 is 17.1 Å². The van der Waals surface area contributed by atoms with E-state index in [4.69, 9.17) is 18.9 Å². The largest absolute Gasteiger partial charge is 0.497 e. The monoisotopic (exact) mass is 494 g/mol. The number of fused-ring (bicyclic) bond motifs is 2. The molecular weight excluding hydrogens is 468 g/mol. The number of methoxy groups -OCH3 is 2. The summed E-state index contributed by atoms with van der Waals surface area (Å²) in [5.41, 5.74) is 0.788. The second kappa shape index (κ2) is 9.42. The highest BCUT2D eigenvalue weighted by molar-refractivity contribution is 5.82. The minimum Gasteiger partial charge on any atom is -0.497 e. The minimum absolute atomic E-state index is 0.123. The van der Waals surface area contributed by atoms with Crippen molar-refractivity contribution in [3.05, 3.63) is 67.9 Å². The Morgan fingerprint density at radius 1 is 1.19 bits per heavy atom. The first-order valence-corrected chi connectivity index (χ1v) is 11.3. The van der Waals surface area contributed by atoms with Crippen LogP contribution in [0.1, 0.15) is 22.7 Å². The zero-order chi connectivity index (χ0) is 25.4. The van der Waals surface area contributed by atoms with E-state index in [0.29, 0.717) is 28.7 Å². The highest BCUT2D eigenvalue weighted by Gasteiger charge is 2.33. The molecule has 2 aliphatic heterocycles. The summed E-state index contributed by atoms with van der Waals surface area (Å²) in [6.45, 7) is 1.21. The van der Waals surface area contributed by atoms with Crippen LogP contribution in [-0.2, 0) is 6.42 Å². The van der Waals surface area contributed by atoms with E-state index in [1.807, 2.05) is 13.1 Å². The lowest BCUT2D eigenvalue weighted by molar-refractivity contribution is 0.170. The van der Waals surface area contributed by atoms with Crippen LogP contribution in [0, 0.1) is 0 Å². The highest BCUT2D eigenvalue weighted by Crippen LogP contribution is 2.49. The fourth-order valence-corrected chi connectivity index (χ4v) is 4.63. The maximum absolute atomic E-state index is 12.5. The van der Waals surface area contributed by atoms with Crippen molar-refractivity contribution in [1.82, 2.24) is 14.5 Å². The topological polar surface area (TPSA) is 128 Å². The van der Waals surface area contributed by atoms with Gasteiger partial charge in [-0.05, 0) is 49.4 Å². The summed E-state index contributed by atoms with van der Waals surface area (Å²) in [5, 5.41) is 10.8. The third-order valence-electron chi connectivity index (χ3n) is 6.50. The van der Waals surface area contributed by atoms with Crippen LogP contribution >= 0.6 is 0 Å². The Bertz CT molecular complexity index is 1440. The summed E-state index contributed by atoms with van der Waals surface area (Å²) < 4.78 is 23.0. The second-order valence-corrected chi connectivity index (χ2v) is 8.49. The molecule has 11 nitrogen and oxygen atoms in total. The van der Waals surface area contributed by atoms with Crippen LogP contribution in [-0.4, -0.2) is 66.9 Å². The lowest BCUT2D eigenvalue weighted by atomic mass is 9.91. The number of aliphatic imine (C=N–C) groups is 1. The Morgan fingerprint density at radius 3 is 2.69 bits per heavy atom. The van der Waals surface area contributed by atoms with Crippen LogP contribution < -0.4 is 30.2 Å². The van der Waals surface area contributed by atoms with Crippen molar-refractivity contribution in [2.45, 2.75) is 12.5 Å². The van der Waals surface area contributed by atoms with Crippen molar-refractivity contribution in [2.24, 2.45) is 4.99 Å². The number of H-pyrrole nitrogens is 1. The van der Waals surface area contributed by atoms with E-state index >= 15 is 0 Å². The van der Waals surface area contributed by atoms with Gasteiger partial charge in [-0.2, -0.15) is 0 Å². The maximum Gasteiger partial charge on any atom is 0.335 e. The number of hydrogen-bond donors (Lipinski definition) is 2. The summed E-state index contributed by atoms with van der Waals surface area (Å²) in [6.07, 6.45) is 2.10. The van der Waals surface area contributed by atoms with E-state index in [2.05, 4.69) is 14.9 Å². The number of ether oxygens (including phenoxy) is 4. The number of benzene rings is 2. The Hall–Kier alpha value is -4.25. The number of aromatic amines is 1. The molecule has 36 heavy (non-hydrogen) atoms. The summed E-state index contributed by atoms with van der Waals surface area (Å²) >= 11 is 0. The van der Waals surface area contributed by atoms with Crippen LogP contribution in [0.4, 0.5) is 0 Å². The van der Waals surface area contributed by atoms with Crippen LogP contribution in [0.3, 0.4) is 0 Å². The van der Waals surface area contributed by atoms with Crippen LogP contribution in [0.15, 0.2) is 44.9 Å². The van der Waals surface area contributed by atoms with E-state index in [1.165, 1.54) is 13.3 Å². The third-order valence-corrected chi connectivity index (χ3v) is 6.50. The van der Waals surface area contributed by atoms with Gasteiger partial charge in [-0.25, -0.2) is 9.36 Å². The van der Waals surface area contributed by atoms with Crippen LogP contribution in [0.5, 0.6) is 28.9 Å². The smallest absolute Gasteiger partial charge is 0.335 e. The van der Waals surface area contributed by atoms with E-state index in [9.17, 15) is 14.7 Å². The molecule has 0 amide bonds. The Kier molecular flexibility index (Phi) is 6.15. The summed E-state index contributed by atoms with van der Waals surface area (Å²) in [4.78, 5) is 33.9. The number of nitrogens with zero attached hydrogens (tertiary/aromatic N) is 3. The normalized spacial score (nSPS) is 16.8. The van der Waals surface area contributed by atoms with E-state index in [0.717, 1.165) is 28.7 Å². The standard InChI is InChI=1S/C25H26N4O7/c1-28-9-8-14-10-19-21(36-13-35-19)22(34-3)20(14)18(28)12-26-11-17-23(30)27-25(32)29(24(17)31)15-4-6-16(33-2)7-5-15/h4-7,10-11,18,31H,8-9,12-13H2,1-3H3,(H,27,30,32)/t18-/m0/s1. The molecule has 0 bridgehead atoms. The molecule has 0 spiro atoms. The first kappa shape index (κ1) is 23.5. The zero-order valence-electron chi connectivity index (χ0n) is 20.1. The average molecular weight is 495 g/mol. The van der Waals surface area contributed by atoms with Gasteiger partial charge < -0.3 is 24.1 Å². The van der Waals surface area contributed by atoms with Crippen molar-refractivity contribution in [2.75, 3.05) is 41.1 Å². The summed E-state index contributed by atoms with van der Waals surface area (Å²) in [7, 11) is 5.10. The van der Waals surface area contributed by atoms with E-state index in [-0.39, 0.29) is 24.9 Å². The minimum atomic E-state index is -0.762. The molecule has 188 valence electrons. The number of rotatable bonds is 6. The predicted molar refractivity (Wildman–Crippen MR) is 132 cm³/mol. The molecule has 3 aromatic rings. The highest BCUT2D eigenvalue weighted by atomic mass is 16.7. The quantitative estimate of drug-likeness (QED) is 0.495. The van der Waals surface area contributed by atoms with Crippen molar-refractivity contribution >= 4 is 6.21 Å². The van der Waals surface area contributed by atoms with Gasteiger partial charge in [0.25, 0.3) is 5.56 Å². The Balaban J connectivity index is 1.49. The molecule has 0 aliphatic carbocycles. The van der Waals surface area contributed by atoms with Crippen LogP contribution in [0.25, 0.3) is 5.69 Å². The van der Waals surface area contributed by atoms with Crippen molar-refractivity contribution < 1.29 is 24.1 Å². The summed E-state index contributed by atoms with van der Waals surface area (Å²) in [5.74, 6) is 1.93.